The Morgan fingerprint density at radius 2 is 2.04 bits per heavy atom. The fourth-order valence-electron chi connectivity index (χ4n) is 1.62. The predicted octanol–water partition coefficient (Wildman–Crippen LogP) is 2.37. The standard InChI is InChI=1S/C12H15N3OS.C2HF3O2/c1-9-4-3-6-15-8-10(14-11(9)15)12(16)13-5-7-17-2;3-2(4,5)1(6)7/h3-4,6,8H,5,7H2,1-2H3,(H,13,16);(H,6,7). The molecule has 2 N–H and O–H groups in total. The molecule has 2 heterocycles. The van der Waals surface area contributed by atoms with Crippen LogP contribution in [0.4, 0.5) is 13.2 Å². The van der Waals surface area contributed by atoms with E-state index in [2.05, 4.69) is 10.3 Å². The van der Waals surface area contributed by atoms with Gasteiger partial charge in [0, 0.05) is 24.7 Å². The number of rotatable bonds is 4. The third-order valence-electron chi connectivity index (χ3n) is 2.74. The lowest BCUT2D eigenvalue weighted by Gasteiger charge is -1.99. The lowest BCUT2D eigenvalue weighted by atomic mass is 10.3. The van der Waals surface area contributed by atoms with Gasteiger partial charge in [0.1, 0.15) is 11.3 Å². The zero-order chi connectivity index (χ0) is 18.3. The van der Waals surface area contributed by atoms with Gasteiger partial charge in [-0.2, -0.15) is 24.9 Å². The first-order valence-corrected chi connectivity index (χ1v) is 8.07. The number of alkyl halides is 3. The highest BCUT2D eigenvalue weighted by Gasteiger charge is 2.38. The zero-order valence-electron chi connectivity index (χ0n) is 12.9. The maximum absolute atomic E-state index is 11.8. The van der Waals surface area contributed by atoms with E-state index in [1.54, 1.807) is 18.0 Å². The molecule has 0 bridgehead atoms. The Morgan fingerprint density at radius 3 is 2.54 bits per heavy atom. The van der Waals surface area contributed by atoms with Crippen LogP contribution in [-0.4, -0.2) is 51.1 Å². The molecule has 132 valence electrons. The second-order valence-electron chi connectivity index (χ2n) is 4.60. The SMILES string of the molecule is CSCCNC(=O)c1cn2cccc(C)c2n1.O=C(O)C(F)(F)F. The number of aliphatic carboxylic acids is 1. The second-order valence-corrected chi connectivity index (χ2v) is 5.59. The molecule has 2 aromatic heterocycles. The Balaban J connectivity index is 0.000000351. The molecule has 0 unspecified atom stereocenters. The number of aromatic nitrogens is 2. The zero-order valence-corrected chi connectivity index (χ0v) is 13.7. The van der Waals surface area contributed by atoms with Crippen LogP contribution in [0.3, 0.4) is 0 Å². The van der Waals surface area contributed by atoms with Crippen molar-refractivity contribution in [1.29, 1.82) is 0 Å². The maximum Gasteiger partial charge on any atom is 0.490 e. The number of hydrogen-bond acceptors (Lipinski definition) is 4. The minimum absolute atomic E-state index is 0.109. The van der Waals surface area contributed by atoms with Gasteiger partial charge in [0.2, 0.25) is 0 Å². The summed E-state index contributed by atoms with van der Waals surface area (Å²) in [5, 5.41) is 9.97. The van der Waals surface area contributed by atoms with E-state index in [0.29, 0.717) is 12.2 Å². The first-order chi connectivity index (χ1) is 11.2. The summed E-state index contributed by atoms with van der Waals surface area (Å²) in [7, 11) is 0. The maximum atomic E-state index is 11.8. The molecule has 0 spiro atoms. The molecule has 0 aliphatic heterocycles. The van der Waals surface area contributed by atoms with Crippen molar-refractivity contribution in [1.82, 2.24) is 14.7 Å². The minimum atomic E-state index is -5.08. The molecule has 0 radical (unpaired) electrons. The van der Waals surface area contributed by atoms with Crippen molar-refractivity contribution in [2.75, 3.05) is 18.6 Å². The van der Waals surface area contributed by atoms with Crippen molar-refractivity contribution < 1.29 is 27.9 Å². The number of carbonyl (C=O) groups is 2. The van der Waals surface area contributed by atoms with Crippen molar-refractivity contribution in [2.45, 2.75) is 13.1 Å². The Hall–Kier alpha value is -2.23. The molecule has 0 aliphatic rings. The van der Waals surface area contributed by atoms with E-state index in [9.17, 15) is 18.0 Å². The highest BCUT2D eigenvalue weighted by Crippen LogP contribution is 2.13. The number of imidazole rings is 1. The van der Waals surface area contributed by atoms with Gasteiger partial charge in [0.15, 0.2) is 0 Å². The Kier molecular flexibility index (Phi) is 7.08. The molecule has 6 nitrogen and oxygen atoms in total. The number of amides is 1. The summed E-state index contributed by atoms with van der Waals surface area (Å²) in [4.78, 5) is 25.0. The van der Waals surface area contributed by atoms with E-state index in [-0.39, 0.29) is 5.91 Å². The lowest BCUT2D eigenvalue weighted by Crippen LogP contribution is -2.25. The van der Waals surface area contributed by atoms with Gasteiger partial charge in [-0.1, -0.05) is 6.07 Å². The number of pyridine rings is 1. The number of nitrogens with one attached hydrogen (secondary N) is 1. The molecule has 1 amide bonds. The molecule has 0 saturated heterocycles. The average molecular weight is 363 g/mol. The van der Waals surface area contributed by atoms with Crippen molar-refractivity contribution in [3.05, 3.63) is 35.8 Å². The topological polar surface area (TPSA) is 83.7 Å². The summed E-state index contributed by atoms with van der Waals surface area (Å²) in [6.45, 7) is 2.66. The van der Waals surface area contributed by atoms with Gasteiger partial charge in [0.25, 0.3) is 5.91 Å². The first-order valence-electron chi connectivity index (χ1n) is 6.68. The fraction of sp³-hybridized carbons (Fsp3) is 0.357. The summed E-state index contributed by atoms with van der Waals surface area (Å²) in [6, 6.07) is 3.93. The number of thioether (sulfide) groups is 1. The number of fused-ring (bicyclic) bond motifs is 1. The third-order valence-corrected chi connectivity index (χ3v) is 3.36. The van der Waals surface area contributed by atoms with Crippen LogP contribution in [0.1, 0.15) is 16.1 Å². The van der Waals surface area contributed by atoms with E-state index in [1.165, 1.54) is 0 Å². The summed E-state index contributed by atoms with van der Waals surface area (Å²) < 4.78 is 33.6. The second kappa shape index (κ2) is 8.57. The molecular formula is C14H16F3N3O3S. The number of aryl methyl sites for hydroxylation is 1. The third kappa shape index (κ3) is 5.76. The number of carbonyl (C=O) groups excluding carboxylic acids is 1. The van der Waals surface area contributed by atoms with E-state index in [1.807, 2.05) is 35.9 Å². The molecule has 0 aliphatic carbocycles. The van der Waals surface area contributed by atoms with Crippen LogP contribution in [0, 0.1) is 6.92 Å². The number of nitrogens with zero attached hydrogens (tertiary/aromatic N) is 2. The smallest absolute Gasteiger partial charge is 0.475 e. The number of hydrogen-bond donors (Lipinski definition) is 2. The predicted molar refractivity (Wildman–Crippen MR) is 84.3 cm³/mol. The Morgan fingerprint density at radius 1 is 1.42 bits per heavy atom. The first kappa shape index (κ1) is 19.8. The normalized spacial score (nSPS) is 10.9. The van der Waals surface area contributed by atoms with Crippen molar-refractivity contribution >= 4 is 29.3 Å². The van der Waals surface area contributed by atoms with Crippen molar-refractivity contribution in [3.63, 3.8) is 0 Å². The van der Waals surface area contributed by atoms with Gasteiger partial charge < -0.3 is 14.8 Å². The fourth-order valence-corrected chi connectivity index (χ4v) is 1.93. The molecule has 0 atom stereocenters. The minimum Gasteiger partial charge on any atom is -0.475 e. The number of carboxylic acid groups (broad SMARTS) is 1. The van der Waals surface area contributed by atoms with E-state index in [0.717, 1.165) is 17.0 Å². The quantitative estimate of drug-likeness (QED) is 0.815. The molecule has 0 fully saturated rings. The van der Waals surface area contributed by atoms with Gasteiger partial charge in [-0.15, -0.1) is 0 Å². The average Bonchev–Trinajstić information content (AvgIpc) is 2.93. The number of carboxylic acids is 1. The van der Waals surface area contributed by atoms with Crippen LogP contribution in [0.25, 0.3) is 5.65 Å². The van der Waals surface area contributed by atoms with Crippen LogP contribution >= 0.6 is 11.8 Å². The summed E-state index contributed by atoms with van der Waals surface area (Å²) >= 11 is 1.71. The van der Waals surface area contributed by atoms with E-state index >= 15 is 0 Å². The van der Waals surface area contributed by atoms with Crippen LogP contribution in [0.15, 0.2) is 24.5 Å². The van der Waals surface area contributed by atoms with Crippen molar-refractivity contribution in [3.8, 4) is 0 Å². The molecule has 0 saturated carbocycles. The van der Waals surface area contributed by atoms with Crippen LogP contribution < -0.4 is 5.32 Å². The Labute approximate surface area is 140 Å². The monoisotopic (exact) mass is 363 g/mol. The van der Waals surface area contributed by atoms with Crippen molar-refractivity contribution in [2.24, 2.45) is 0 Å². The van der Waals surface area contributed by atoms with Gasteiger partial charge in [0.05, 0.1) is 0 Å². The molecule has 2 rings (SSSR count). The molecular weight excluding hydrogens is 347 g/mol. The molecule has 2 aromatic rings. The molecule has 10 heteroatoms. The van der Waals surface area contributed by atoms with Crippen LogP contribution in [0.2, 0.25) is 0 Å². The van der Waals surface area contributed by atoms with Gasteiger partial charge in [-0.3, -0.25) is 4.79 Å². The summed E-state index contributed by atoms with van der Waals surface area (Å²) in [5.41, 5.74) is 2.37. The Bertz CT molecular complexity index is 716. The van der Waals surface area contributed by atoms with Gasteiger partial charge in [-0.25, -0.2) is 9.78 Å². The summed E-state index contributed by atoms with van der Waals surface area (Å²) in [6.07, 6.45) is 0.588. The largest absolute Gasteiger partial charge is 0.490 e. The van der Waals surface area contributed by atoms with E-state index in [4.69, 9.17) is 9.90 Å². The van der Waals surface area contributed by atoms with Gasteiger partial charge >= 0.3 is 12.1 Å². The number of halogens is 3. The van der Waals surface area contributed by atoms with Gasteiger partial charge in [-0.05, 0) is 24.8 Å². The molecule has 0 aromatic carbocycles. The van der Waals surface area contributed by atoms with Crippen LogP contribution in [0.5, 0.6) is 0 Å². The highest BCUT2D eigenvalue weighted by molar-refractivity contribution is 7.98. The highest BCUT2D eigenvalue weighted by atomic mass is 32.2. The van der Waals surface area contributed by atoms with E-state index < -0.39 is 12.1 Å². The van der Waals surface area contributed by atoms with Crippen LogP contribution in [-0.2, 0) is 4.79 Å². The summed E-state index contributed by atoms with van der Waals surface area (Å²) in [5.74, 6) is -1.95. The molecule has 24 heavy (non-hydrogen) atoms. The lowest BCUT2D eigenvalue weighted by molar-refractivity contribution is -0.192.